The molecule has 0 fully saturated rings. The lowest BCUT2D eigenvalue weighted by Crippen LogP contribution is -2.46. The average molecular weight is 523 g/mol. The Morgan fingerprint density at radius 3 is 2.66 bits per heavy atom. The van der Waals surface area contributed by atoms with Crippen LogP contribution in [0, 0.1) is 11.3 Å². The second kappa shape index (κ2) is 9.67. The van der Waals surface area contributed by atoms with Gasteiger partial charge in [0.25, 0.3) is 0 Å². The maximum atomic E-state index is 14.7. The first-order chi connectivity index (χ1) is 15.2. The molecule has 166 valence electrons. The van der Waals surface area contributed by atoms with E-state index in [1.54, 1.807) is 43.3 Å². The number of nitrogens with one attached hydrogen (secondary N) is 1. The minimum Gasteiger partial charge on any atom is -0.464 e. The van der Waals surface area contributed by atoms with E-state index >= 15 is 0 Å². The molecule has 3 aromatic rings. The van der Waals surface area contributed by atoms with E-state index < -0.39 is 23.2 Å². The molecule has 7 nitrogen and oxygen atoms in total. The van der Waals surface area contributed by atoms with Crippen molar-refractivity contribution in [2.75, 3.05) is 6.61 Å². The van der Waals surface area contributed by atoms with Gasteiger partial charge in [0.2, 0.25) is 0 Å². The van der Waals surface area contributed by atoms with E-state index in [2.05, 4.69) is 27.0 Å². The number of halogens is 3. The summed E-state index contributed by atoms with van der Waals surface area (Å²) in [6.45, 7) is 2.90. The number of nitrogens with zero attached hydrogens (tertiary/aromatic N) is 3. The molecular weight excluding hydrogens is 506 g/mol. The van der Waals surface area contributed by atoms with Crippen LogP contribution in [0.2, 0.25) is 0 Å². The predicted molar refractivity (Wildman–Crippen MR) is 119 cm³/mol. The monoisotopic (exact) mass is 522 g/mol. The summed E-state index contributed by atoms with van der Waals surface area (Å²) in [6.07, 6.45) is 1.34. The van der Waals surface area contributed by atoms with E-state index in [4.69, 9.17) is 4.74 Å². The molecule has 1 heterocycles. The summed E-state index contributed by atoms with van der Waals surface area (Å²) in [5.41, 5.74) is 0.940. The third kappa shape index (κ3) is 4.76. The first-order valence-electron chi connectivity index (χ1n) is 9.39. The molecule has 0 bridgehead atoms. The van der Waals surface area contributed by atoms with E-state index in [1.807, 2.05) is 5.32 Å². The van der Waals surface area contributed by atoms with Crippen molar-refractivity contribution in [3.05, 3.63) is 52.8 Å². The van der Waals surface area contributed by atoms with Crippen LogP contribution in [0.4, 0.5) is 8.78 Å². The van der Waals surface area contributed by atoms with Gasteiger partial charge in [-0.25, -0.2) is 9.78 Å². The molecule has 1 atom stereocenters. The standard InChI is InChI=1S/C21H17BrF2N4O3S/c1-3-31-18(29)12(2)27-19(30)21(23,24)32-20-26-11-17(22)28(20)16-9-8-13(10-25)14-6-4-5-7-15(14)16/h4-9,11-12H,3H2,1-2H3,(H,27,30). The highest BCUT2D eigenvalue weighted by Crippen LogP contribution is 2.39. The third-order valence-electron chi connectivity index (χ3n) is 4.42. The molecule has 0 aliphatic carbocycles. The molecule has 11 heteroatoms. The topological polar surface area (TPSA) is 97.0 Å². The van der Waals surface area contributed by atoms with Crippen LogP contribution in [0.25, 0.3) is 16.5 Å². The van der Waals surface area contributed by atoms with E-state index in [0.717, 1.165) is 0 Å². The molecule has 0 spiro atoms. The number of ether oxygens (including phenoxy) is 1. The molecule has 1 N–H and O–H groups in total. The lowest BCUT2D eigenvalue weighted by Gasteiger charge is -2.19. The van der Waals surface area contributed by atoms with Crippen LogP contribution in [-0.2, 0) is 14.3 Å². The van der Waals surface area contributed by atoms with E-state index in [0.29, 0.717) is 26.6 Å². The quantitative estimate of drug-likeness (QED) is 0.364. The Bertz CT molecular complexity index is 1230. The van der Waals surface area contributed by atoms with Gasteiger partial charge in [0.1, 0.15) is 10.6 Å². The van der Waals surface area contributed by atoms with Crippen molar-refractivity contribution >= 4 is 50.3 Å². The fraction of sp³-hybridized carbons (Fsp3) is 0.238. The van der Waals surface area contributed by atoms with Crippen LogP contribution in [0.3, 0.4) is 0 Å². The number of hydrogen-bond donors (Lipinski definition) is 1. The summed E-state index contributed by atoms with van der Waals surface area (Å²) < 4.78 is 36.0. The molecule has 3 rings (SSSR count). The smallest absolute Gasteiger partial charge is 0.377 e. The van der Waals surface area contributed by atoms with Crippen molar-refractivity contribution in [2.24, 2.45) is 0 Å². The number of carbonyl (C=O) groups is 2. The molecule has 0 aliphatic rings. The lowest BCUT2D eigenvalue weighted by molar-refractivity contribution is -0.149. The van der Waals surface area contributed by atoms with Crippen LogP contribution in [0.5, 0.6) is 0 Å². The van der Waals surface area contributed by atoms with Crippen LogP contribution in [0.1, 0.15) is 19.4 Å². The summed E-state index contributed by atoms with van der Waals surface area (Å²) in [6, 6.07) is 11.1. The average Bonchev–Trinajstić information content (AvgIpc) is 3.12. The largest absolute Gasteiger partial charge is 0.464 e. The Hall–Kier alpha value is -2.97. The summed E-state index contributed by atoms with van der Waals surface area (Å²) in [4.78, 5) is 27.8. The highest BCUT2D eigenvalue weighted by Gasteiger charge is 2.43. The number of thioether (sulfide) groups is 1. The summed E-state index contributed by atoms with van der Waals surface area (Å²) in [7, 11) is 0. The number of carbonyl (C=O) groups excluding carboxylic acids is 2. The number of hydrogen-bond acceptors (Lipinski definition) is 6. The number of alkyl halides is 2. The van der Waals surface area contributed by atoms with Gasteiger partial charge in [-0.3, -0.25) is 9.36 Å². The van der Waals surface area contributed by atoms with Gasteiger partial charge < -0.3 is 10.1 Å². The Balaban J connectivity index is 1.95. The van der Waals surface area contributed by atoms with Gasteiger partial charge in [0, 0.05) is 10.8 Å². The SMILES string of the molecule is CCOC(=O)C(C)NC(=O)C(F)(F)Sc1ncc(Br)n1-c1ccc(C#N)c2ccccc12. The highest BCUT2D eigenvalue weighted by molar-refractivity contribution is 9.10. The lowest BCUT2D eigenvalue weighted by atomic mass is 10.0. The van der Waals surface area contributed by atoms with E-state index in [9.17, 15) is 23.6 Å². The number of benzene rings is 2. The van der Waals surface area contributed by atoms with E-state index in [1.165, 1.54) is 17.7 Å². The maximum absolute atomic E-state index is 14.7. The minimum absolute atomic E-state index is 0.0588. The number of rotatable bonds is 7. The van der Waals surface area contributed by atoms with Gasteiger partial charge in [-0.15, -0.1) is 0 Å². The fourth-order valence-corrected chi connectivity index (χ4v) is 4.30. The van der Waals surface area contributed by atoms with Crippen molar-refractivity contribution in [3.8, 4) is 11.8 Å². The zero-order valence-corrected chi connectivity index (χ0v) is 19.3. The second-order valence-corrected chi connectivity index (χ2v) is 8.45. The predicted octanol–water partition coefficient (Wildman–Crippen LogP) is 4.41. The van der Waals surface area contributed by atoms with Crippen molar-refractivity contribution in [3.63, 3.8) is 0 Å². The number of imidazole rings is 1. The van der Waals surface area contributed by atoms with Gasteiger partial charge in [-0.2, -0.15) is 14.0 Å². The first-order valence-corrected chi connectivity index (χ1v) is 11.0. The molecule has 32 heavy (non-hydrogen) atoms. The Kier molecular flexibility index (Phi) is 7.16. The molecule has 0 radical (unpaired) electrons. The molecule has 0 saturated carbocycles. The second-order valence-electron chi connectivity index (χ2n) is 6.55. The molecule has 0 aliphatic heterocycles. The number of amides is 1. The number of fused-ring (bicyclic) bond motifs is 1. The van der Waals surface area contributed by atoms with Gasteiger partial charge in [-0.1, -0.05) is 24.3 Å². The van der Waals surface area contributed by atoms with Crippen LogP contribution < -0.4 is 5.32 Å². The first kappa shape index (κ1) is 23.7. The zero-order valence-electron chi connectivity index (χ0n) is 16.9. The van der Waals surface area contributed by atoms with Gasteiger partial charge >= 0.3 is 17.1 Å². The number of esters is 1. The fourth-order valence-electron chi connectivity index (χ4n) is 2.95. The van der Waals surface area contributed by atoms with Crippen molar-refractivity contribution in [2.45, 2.75) is 30.3 Å². The maximum Gasteiger partial charge on any atom is 0.377 e. The summed E-state index contributed by atoms with van der Waals surface area (Å²) >= 11 is 3.25. The van der Waals surface area contributed by atoms with Gasteiger partial charge in [-0.05, 0) is 53.7 Å². The van der Waals surface area contributed by atoms with Crippen molar-refractivity contribution < 1.29 is 23.1 Å². The third-order valence-corrected chi connectivity index (χ3v) is 5.89. The number of nitriles is 1. The Morgan fingerprint density at radius 1 is 1.31 bits per heavy atom. The Labute approximate surface area is 194 Å². The van der Waals surface area contributed by atoms with Crippen LogP contribution >= 0.6 is 27.7 Å². The Morgan fingerprint density at radius 2 is 2.00 bits per heavy atom. The highest BCUT2D eigenvalue weighted by atomic mass is 79.9. The normalized spacial score (nSPS) is 12.2. The summed E-state index contributed by atoms with van der Waals surface area (Å²) in [5, 5.41) is 8.55. The van der Waals surface area contributed by atoms with Crippen molar-refractivity contribution in [1.29, 1.82) is 5.26 Å². The molecule has 2 aromatic carbocycles. The number of aromatic nitrogens is 2. The molecule has 0 saturated heterocycles. The molecular formula is C21H17BrF2N4O3S. The van der Waals surface area contributed by atoms with Gasteiger partial charge in [0.15, 0.2) is 5.16 Å². The van der Waals surface area contributed by atoms with Gasteiger partial charge in [0.05, 0.1) is 30.1 Å². The molecule has 1 unspecified atom stereocenters. The van der Waals surface area contributed by atoms with E-state index in [-0.39, 0.29) is 23.5 Å². The molecule has 1 amide bonds. The minimum atomic E-state index is -3.92. The van der Waals surface area contributed by atoms with Crippen LogP contribution in [-0.4, -0.2) is 39.3 Å². The zero-order chi connectivity index (χ0) is 23.5. The summed E-state index contributed by atoms with van der Waals surface area (Å²) in [5.74, 6) is -2.45. The molecule has 1 aromatic heterocycles. The van der Waals surface area contributed by atoms with Crippen molar-refractivity contribution in [1.82, 2.24) is 14.9 Å². The van der Waals surface area contributed by atoms with Crippen LogP contribution in [0.15, 0.2) is 52.4 Å².